The van der Waals surface area contributed by atoms with Crippen LogP contribution in [0.1, 0.15) is 69.5 Å². The van der Waals surface area contributed by atoms with Crippen LogP contribution in [-0.2, 0) is 4.79 Å². The number of piperazine rings is 1. The number of pyridine rings is 1. The van der Waals surface area contributed by atoms with Gasteiger partial charge in [-0.3, -0.25) is 19.6 Å². The van der Waals surface area contributed by atoms with Crippen molar-refractivity contribution in [1.29, 1.82) is 0 Å². The Morgan fingerprint density at radius 1 is 1.09 bits per heavy atom. The maximum absolute atomic E-state index is 15.1. The van der Waals surface area contributed by atoms with E-state index in [0.29, 0.717) is 31.5 Å². The van der Waals surface area contributed by atoms with Gasteiger partial charge in [0, 0.05) is 87.9 Å². The number of hydrogen-bond donors (Lipinski definition) is 0. The second-order valence-corrected chi connectivity index (χ2v) is 10.6. The predicted molar refractivity (Wildman–Crippen MR) is 127 cm³/mol. The van der Waals surface area contributed by atoms with Crippen molar-refractivity contribution in [3.05, 3.63) is 29.6 Å². The average Bonchev–Trinajstić information content (AvgIpc) is 2.81. The molecule has 184 valence electrons. The zero-order valence-electron chi connectivity index (χ0n) is 20.5. The fourth-order valence-corrected chi connectivity index (χ4v) is 5.99. The van der Waals surface area contributed by atoms with Crippen molar-refractivity contribution in [2.45, 2.75) is 83.2 Å². The lowest BCUT2D eigenvalue weighted by Gasteiger charge is -2.47. The van der Waals surface area contributed by atoms with E-state index in [9.17, 15) is 4.79 Å². The normalized spacial score (nSPS) is 27.8. The minimum atomic E-state index is -2.77. The number of aryl methyl sites for hydroxylation is 1. The highest BCUT2D eigenvalue weighted by molar-refractivity contribution is 5.76. The van der Waals surface area contributed by atoms with Crippen molar-refractivity contribution in [2.75, 3.05) is 39.3 Å². The third-order valence-electron chi connectivity index (χ3n) is 8.16. The van der Waals surface area contributed by atoms with E-state index in [4.69, 9.17) is 0 Å². The number of piperidine rings is 1. The van der Waals surface area contributed by atoms with Gasteiger partial charge in [0.25, 0.3) is 5.92 Å². The van der Waals surface area contributed by atoms with Gasteiger partial charge in [-0.25, -0.2) is 8.78 Å². The maximum atomic E-state index is 15.1. The first kappa shape index (κ1) is 24.5. The first-order valence-electron chi connectivity index (χ1n) is 12.8. The van der Waals surface area contributed by atoms with E-state index in [0.717, 1.165) is 56.7 Å². The summed E-state index contributed by atoms with van der Waals surface area (Å²) in [6, 6.07) is 4.44. The summed E-state index contributed by atoms with van der Waals surface area (Å²) >= 11 is 0. The fraction of sp³-hybridized carbons (Fsp3) is 0.769. The van der Waals surface area contributed by atoms with E-state index >= 15 is 8.78 Å². The first-order valence-corrected chi connectivity index (χ1v) is 12.8. The molecule has 3 aliphatic rings. The zero-order valence-corrected chi connectivity index (χ0v) is 20.5. The molecule has 1 unspecified atom stereocenters. The van der Waals surface area contributed by atoms with Crippen LogP contribution in [0.15, 0.2) is 18.3 Å². The number of amides is 1. The molecular formula is C26H40F2N4O. The number of likely N-dealkylation sites (tertiary alicyclic amines) is 1. The quantitative estimate of drug-likeness (QED) is 0.654. The zero-order chi connectivity index (χ0) is 23.6. The molecule has 1 aromatic heterocycles. The van der Waals surface area contributed by atoms with E-state index in [-0.39, 0.29) is 24.8 Å². The lowest BCUT2D eigenvalue weighted by atomic mass is 9.77. The second-order valence-electron chi connectivity index (χ2n) is 10.6. The molecule has 1 saturated carbocycles. The van der Waals surface area contributed by atoms with E-state index in [1.807, 2.05) is 18.0 Å². The summed E-state index contributed by atoms with van der Waals surface area (Å²) in [7, 11) is 0. The molecule has 2 aliphatic heterocycles. The molecule has 0 radical (unpaired) electrons. The summed E-state index contributed by atoms with van der Waals surface area (Å²) in [6.45, 7) is 11.1. The average molecular weight is 463 g/mol. The standard InChI is InChI=1S/C26H40F2N4O/c1-19(2)30-13-15-31(16-14-30)24-5-4-10-26(27,28)22(24)17-25(33)32-11-8-21(9-12-32)23-7-6-20(3)18-29-23/h6-7,18-19,21-22,24H,4-5,8-17H2,1-3H3/t22?,24-/m0/s1. The van der Waals surface area contributed by atoms with Gasteiger partial charge in [-0.15, -0.1) is 0 Å². The van der Waals surface area contributed by atoms with Crippen LogP contribution in [0.5, 0.6) is 0 Å². The summed E-state index contributed by atoms with van der Waals surface area (Å²) in [6.07, 6.45) is 4.79. The highest BCUT2D eigenvalue weighted by atomic mass is 19.3. The van der Waals surface area contributed by atoms with Crippen LogP contribution in [0.25, 0.3) is 0 Å². The van der Waals surface area contributed by atoms with Gasteiger partial charge < -0.3 is 4.90 Å². The molecule has 5 nitrogen and oxygen atoms in total. The molecule has 2 atom stereocenters. The highest BCUT2D eigenvalue weighted by Gasteiger charge is 2.50. The number of halogens is 2. The molecule has 0 spiro atoms. The predicted octanol–water partition coefficient (Wildman–Crippen LogP) is 4.32. The Kier molecular flexibility index (Phi) is 7.69. The summed E-state index contributed by atoms with van der Waals surface area (Å²) in [5.74, 6) is -3.39. The van der Waals surface area contributed by atoms with Crippen LogP contribution in [-0.4, -0.2) is 82.9 Å². The van der Waals surface area contributed by atoms with Gasteiger partial charge in [0.2, 0.25) is 5.91 Å². The van der Waals surface area contributed by atoms with Gasteiger partial charge in [0.05, 0.1) is 0 Å². The topological polar surface area (TPSA) is 39.7 Å². The summed E-state index contributed by atoms with van der Waals surface area (Å²) < 4.78 is 30.2. The van der Waals surface area contributed by atoms with E-state index < -0.39 is 11.8 Å². The SMILES string of the molecule is Cc1ccc(C2CCN(C(=O)CC3[C@@H](N4CCN(C(C)C)CC4)CCCC3(F)F)CC2)nc1. The maximum Gasteiger partial charge on any atom is 0.252 e. The molecule has 3 fully saturated rings. The molecule has 33 heavy (non-hydrogen) atoms. The van der Waals surface area contributed by atoms with Gasteiger partial charge in [-0.05, 0) is 58.1 Å². The molecule has 0 aromatic carbocycles. The molecule has 3 heterocycles. The number of nitrogens with zero attached hydrogens (tertiary/aromatic N) is 4. The summed E-state index contributed by atoms with van der Waals surface area (Å²) in [5, 5.41) is 0. The molecule has 0 N–H and O–H groups in total. The van der Waals surface area contributed by atoms with Crippen molar-refractivity contribution < 1.29 is 13.6 Å². The minimum absolute atomic E-state index is 0.0322. The van der Waals surface area contributed by atoms with Crippen molar-refractivity contribution in [2.24, 2.45) is 5.92 Å². The van der Waals surface area contributed by atoms with Crippen molar-refractivity contribution >= 4 is 5.91 Å². The number of hydrogen-bond acceptors (Lipinski definition) is 4. The Morgan fingerprint density at radius 3 is 2.39 bits per heavy atom. The Bertz CT molecular complexity index is 784. The van der Waals surface area contributed by atoms with Crippen LogP contribution >= 0.6 is 0 Å². The Morgan fingerprint density at radius 2 is 1.79 bits per heavy atom. The minimum Gasteiger partial charge on any atom is -0.343 e. The summed E-state index contributed by atoms with van der Waals surface area (Å²) in [5.41, 5.74) is 2.21. The molecule has 4 rings (SSSR count). The molecular weight excluding hydrogens is 422 g/mol. The van der Waals surface area contributed by atoms with E-state index in [1.54, 1.807) is 0 Å². The highest BCUT2D eigenvalue weighted by Crippen LogP contribution is 2.43. The lowest BCUT2D eigenvalue weighted by Crippen LogP contribution is -2.58. The summed E-state index contributed by atoms with van der Waals surface area (Å²) in [4.78, 5) is 24.2. The van der Waals surface area contributed by atoms with Crippen molar-refractivity contribution in [1.82, 2.24) is 19.7 Å². The molecule has 2 saturated heterocycles. The van der Waals surface area contributed by atoms with Crippen LogP contribution in [0.4, 0.5) is 8.78 Å². The Labute approximate surface area is 197 Å². The van der Waals surface area contributed by atoms with Crippen molar-refractivity contribution in [3.63, 3.8) is 0 Å². The van der Waals surface area contributed by atoms with Crippen LogP contribution in [0.3, 0.4) is 0 Å². The molecule has 1 aromatic rings. The fourth-order valence-electron chi connectivity index (χ4n) is 5.99. The van der Waals surface area contributed by atoms with Crippen LogP contribution < -0.4 is 0 Å². The molecule has 0 bridgehead atoms. The Balaban J connectivity index is 1.36. The van der Waals surface area contributed by atoms with E-state index in [1.165, 1.54) is 0 Å². The second kappa shape index (κ2) is 10.3. The Hall–Kier alpha value is -1.60. The molecule has 1 aliphatic carbocycles. The van der Waals surface area contributed by atoms with Gasteiger partial charge in [-0.1, -0.05) is 6.07 Å². The monoisotopic (exact) mass is 462 g/mol. The molecule has 1 amide bonds. The lowest BCUT2D eigenvalue weighted by molar-refractivity contribution is -0.150. The number of carbonyl (C=O) groups is 1. The molecule has 7 heteroatoms. The van der Waals surface area contributed by atoms with E-state index in [2.05, 4.69) is 40.8 Å². The van der Waals surface area contributed by atoms with Gasteiger partial charge >= 0.3 is 0 Å². The number of rotatable bonds is 5. The van der Waals surface area contributed by atoms with Crippen molar-refractivity contribution in [3.8, 4) is 0 Å². The first-order chi connectivity index (χ1) is 15.7. The largest absolute Gasteiger partial charge is 0.343 e. The van der Waals surface area contributed by atoms with Gasteiger partial charge in [0.15, 0.2) is 0 Å². The van der Waals surface area contributed by atoms with Gasteiger partial charge in [-0.2, -0.15) is 0 Å². The number of carbonyl (C=O) groups excluding carboxylic acids is 1. The number of aromatic nitrogens is 1. The third kappa shape index (κ3) is 5.73. The smallest absolute Gasteiger partial charge is 0.252 e. The van der Waals surface area contributed by atoms with Crippen LogP contribution in [0, 0.1) is 12.8 Å². The number of alkyl halides is 2. The van der Waals surface area contributed by atoms with Gasteiger partial charge in [0.1, 0.15) is 0 Å². The third-order valence-corrected chi connectivity index (χ3v) is 8.16. The van der Waals surface area contributed by atoms with Crippen LogP contribution in [0.2, 0.25) is 0 Å².